The van der Waals surface area contributed by atoms with Gasteiger partial charge in [-0.3, -0.25) is 14.9 Å². The standard InChI is InChI=1S/C13H17ClN2O3/c1-3-5-9(4-2)15-13(17)11-7-6-10(16(18)19)8-12(11)14/h6-9H,3-5H2,1-2H3,(H,15,17). The first-order valence-corrected chi connectivity index (χ1v) is 6.62. The van der Waals surface area contributed by atoms with E-state index in [1.807, 2.05) is 13.8 Å². The van der Waals surface area contributed by atoms with Crippen molar-refractivity contribution >= 4 is 23.2 Å². The lowest BCUT2D eigenvalue weighted by Gasteiger charge is -2.16. The molecule has 0 aliphatic rings. The predicted octanol–water partition coefficient (Wildman–Crippen LogP) is 3.56. The van der Waals surface area contributed by atoms with Crippen molar-refractivity contribution < 1.29 is 9.72 Å². The number of rotatable bonds is 6. The number of carbonyl (C=O) groups is 1. The Kier molecular flexibility index (Phi) is 5.76. The number of hydrogen-bond acceptors (Lipinski definition) is 3. The molecule has 0 fully saturated rings. The summed E-state index contributed by atoms with van der Waals surface area (Å²) in [7, 11) is 0. The van der Waals surface area contributed by atoms with Crippen LogP contribution in [-0.2, 0) is 0 Å². The van der Waals surface area contributed by atoms with Crippen LogP contribution in [0.15, 0.2) is 18.2 Å². The van der Waals surface area contributed by atoms with E-state index in [4.69, 9.17) is 11.6 Å². The number of benzene rings is 1. The maximum Gasteiger partial charge on any atom is 0.270 e. The average molecular weight is 285 g/mol. The molecule has 0 heterocycles. The molecule has 1 aromatic rings. The van der Waals surface area contributed by atoms with Gasteiger partial charge in [-0.2, -0.15) is 0 Å². The maximum atomic E-state index is 12.0. The second kappa shape index (κ2) is 7.09. The summed E-state index contributed by atoms with van der Waals surface area (Å²) in [5, 5.41) is 13.6. The Morgan fingerprint density at radius 2 is 2.16 bits per heavy atom. The molecule has 0 aliphatic heterocycles. The van der Waals surface area contributed by atoms with Crippen molar-refractivity contribution in [3.05, 3.63) is 38.9 Å². The molecule has 6 heteroatoms. The van der Waals surface area contributed by atoms with Gasteiger partial charge in [0.2, 0.25) is 0 Å². The van der Waals surface area contributed by atoms with Crippen molar-refractivity contribution in [3.8, 4) is 0 Å². The van der Waals surface area contributed by atoms with Gasteiger partial charge in [0.25, 0.3) is 11.6 Å². The number of nitro benzene ring substituents is 1. The third-order valence-electron chi connectivity index (χ3n) is 2.87. The zero-order valence-corrected chi connectivity index (χ0v) is 11.7. The summed E-state index contributed by atoms with van der Waals surface area (Å²) in [6.45, 7) is 4.05. The van der Waals surface area contributed by atoms with E-state index in [1.54, 1.807) is 0 Å². The van der Waals surface area contributed by atoms with Gasteiger partial charge >= 0.3 is 0 Å². The van der Waals surface area contributed by atoms with Gasteiger partial charge in [0.1, 0.15) is 0 Å². The number of nitro groups is 1. The molecule has 0 radical (unpaired) electrons. The van der Waals surface area contributed by atoms with Crippen molar-refractivity contribution in [2.45, 2.75) is 39.2 Å². The van der Waals surface area contributed by atoms with Crippen molar-refractivity contribution in [1.29, 1.82) is 0 Å². The van der Waals surface area contributed by atoms with Crippen LogP contribution in [0.1, 0.15) is 43.5 Å². The molecule has 5 nitrogen and oxygen atoms in total. The van der Waals surface area contributed by atoms with Crippen LogP contribution in [0, 0.1) is 10.1 Å². The quantitative estimate of drug-likeness (QED) is 0.641. The largest absolute Gasteiger partial charge is 0.349 e. The second-order valence-corrected chi connectivity index (χ2v) is 4.70. The van der Waals surface area contributed by atoms with Gasteiger partial charge in [-0.1, -0.05) is 31.9 Å². The van der Waals surface area contributed by atoms with Gasteiger partial charge in [0, 0.05) is 18.2 Å². The van der Waals surface area contributed by atoms with E-state index in [-0.39, 0.29) is 28.2 Å². The predicted molar refractivity (Wildman–Crippen MR) is 74.6 cm³/mol. The molecule has 1 rings (SSSR count). The highest BCUT2D eigenvalue weighted by Gasteiger charge is 2.17. The van der Waals surface area contributed by atoms with Crippen LogP contribution in [0.2, 0.25) is 5.02 Å². The van der Waals surface area contributed by atoms with Crippen LogP contribution in [0.25, 0.3) is 0 Å². The molecule has 0 saturated heterocycles. The molecule has 1 aromatic carbocycles. The summed E-state index contributed by atoms with van der Waals surface area (Å²) in [4.78, 5) is 22.1. The van der Waals surface area contributed by atoms with Gasteiger partial charge in [-0.25, -0.2) is 0 Å². The lowest BCUT2D eigenvalue weighted by Crippen LogP contribution is -2.34. The van der Waals surface area contributed by atoms with Crippen molar-refractivity contribution in [1.82, 2.24) is 5.32 Å². The number of carbonyl (C=O) groups excluding carboxylic acids is 1. The molecule has 0 saturated carbocycles. The summed E-state index contributed by atoms with van der Waals surface area (Å²) in [5.41, 5.74) is 0.143. The molecule has 104 valence electrons. The Balaban J connectivity index is 2.85. The highest BCUT2D eigenvalue weighted by molar-refractivity contribution is 6.34. The van der Waals surface area contributed by atoms with E-state index in [9.17, 15) is 14.9 Å². The Labute approximate surface area is 117 Å². The first-order chi connectivity index (χ1) is 8.99. The normalized spacial score (nSPS) is 11.9. The molecule has 0 bridgehead atoms. The first kappa shape index (κ1) is 15.4. The zero-order valence-electron chi connectivity index (χ0n) is 11.0. The minimum atomic E-state index is -0.542. The highest BCUT2D eigenvalue weighted by Crippen LogP contribution is 2.22. The van der Waals surface area contributed by atoms with Gasteiger partial charge < -0.3 is 5.32 Å². The molecular weight excluding hydrogens is 268 g/mol. The van der Waals surface area contributed by atoms with E-state index in [0.717, 1.165) is 19.3 Å². The lowest BCUT2D eigenvalue weighted by atomic mass is 10.1. The Hall–Kier alpha value is -1.62. The van der Waals surface area contributed by atoms with E-state index < -0.39 is 4.92 Å². The summed E-state index contributed by atoms with van der Waals surface area (Å²) >= 11 is 5.91. The Morgan fingerprint density at radius 3 is 2.63 bits per heavy atom. The number of amides is 1. The van der Waals surface area contributed by atoms with Crippen LogP contribution >= 0.6 is 11.6 Å². The molecule has 1 amide bonds. The fraction of sp³-hybridized carbons (Fsp3) is 0.462. The first-order valence-electron chi connectivity index (χ1n) is 6.24. The molecule has 1 N–H and O–H groups in total. The fourth-order valence-electron chi connectivity index (χ4n) is 1.79. The Bertz CT molecular complexity index is 477. The SMILES string of the molecule is CCCC(CC)NC(=O)c1ccc([N+](=O)[O-])cc1Cl. The number of halogens is 1. The van der Waals surface area contributed by atoms with E-state index in [1.165, 1.54) is 18.2 Å². The van der Waals surface area contributed by atoms with E-state index in [2.05, 4.69) is 5.32 Å². The smallest absolute Gasteiger partial charge is 0.270 e. The number of nitrogens with one attached hydrogen (secondary N) is 1. The molecule has 0 aromatic heterocycles. The summed E-state index contributed by atoms with van der Waals surface area (Å²) in [6, 6.07) is 3.96. The molecular formula is C13H17ClN2O3. The number of non-ortho nitro benzene ring substituents is 1. The average Bonchev–Trinajstić information content (AvgIpc) is 2.37. The number of hydrogen-bond donors (Lipinski definition) is 1. The lowest BCUT2D eigenvalue weighted by molar-refractivity contribution is -0.384. The maximum absolute atomic E-state index is 12.0. The molecule has 0 spiro atoms. The summed E-state index contributed by atoms with van der Waals surface area (Å²) < 4.78 is 0. The van der Waals surface area contributed by atoms with Gasteiger partial charge in [-0.15, -0.1) is 0 Å². The second-order valence-electron chi connectivity index (χ2n) is 4.29. The van der Waals surface area contributed by atoms with Gasteiger partial charge in [0.05, 0.1) is 15.5 Å². The third-order valence-corrected chi connectivity index (χ3v) is 3.19. The fourth-order valence-corrected chi connectivity index (χ4v) is 2.05. The van der Waals surface area contributed by atoms with Crippen LogP contribution in [-0.4, -0.2) is 16.9 Å². The highest BCUT2D eigenvalue weighted by atomic mass is 35.5. The van der Waals surface area contributed by atoms with Crippen molar-refractivity contribution in [2.24, 2.45) is 0 Å². The van der Waals surface area contributed by atoms with Crippen molar-refractivity contribution in [3.63, 3.8) is 0 Å². The van der Waals surface area contributed by atoms with Crippen LogP contribution in [0.3, 0.4) is 0 Å². The Morgan fingerprint density at radius 1 is 1.47 bits per heavy atom. The minimum absolute atomic E-state index is 0.0954. The molecule has 1 unspecified atom stereocenters. The van der Waals surface area contributed by atoms with E-state index in [0.29, 0.717) is 0 Å². The topological polar surface area (TPSA) is 72.2 Å². The van der Waals surface area contributed by atoms with Gasteiger partial charge in [-0.05, 0) is 18.9 Å². The van der Waals surface area contributed by atoms with Gasteiger partial charge in [0.15, 0.2) is 0 Å². The summed E-state index contributed by atoms with van der Waals surface area (Å²) in [6.07, 6.45) is 2.71. The zero-order chi connectivity index (χ0) is 14.4. The van der Waals surface area contributed by atoms with Crippen LogP contribution < -0.4 is 5.32 Å². The minimum Gasteiger partial charge on any atom is -0.349 e. The van der Waals surface area contributed by atoms with Crippen molar-refractivity contribution in [2.75, 3.05) is 0 Å². The molecule has 1 atom stereocenters. The molecule has 0 aliphatic carbocycles. The number of nitrogens with zero attached hydrogens (tertiary/aromatic N) is 1. The third kappa shape index (κ3) is 4.21. The molecule has 19 heavy (non-hydrogen) atoms. The van der Waals surface area contributed by atoms with E-state index >= 15 is 0 Å². The monoisotopic (exact) mass is 284 g/mol. The summed E-state index contributed by atoms with van der Waals surface area (Å²) in [5.74, 6) is -0.291. The van der Waals surface area contributed by atoms with Crippen LogP contribution in [0.5, 0.6) is 0 Å². The van der Waals surface area contributed by atoms with Crippen LogP contribution in [0.4, 0.5) is 5.69 Å².